The number of fused-ring (bicyclic) bond motifs is 7. The van der Waals surface area contributed by atoms with Gasteiger partial charge in [-0.3, -0.25) is 0 Å². The fourth-order valence-electron chi connectivity index (χ4n) is 8.20. The average molecular weight is 643 g/mol. The van der Waals surface area contributed by atoms with E-state index in [2.05, 4.69) is 205 Å². The molecule has 2 heteroatoms. The zero-order valence-corrected chi connectivity index (χ0v) is 28.4. The number of rotatable bonds is 6. The van der Waals surface area contributed by atoms with E-state index in [1.54, 1.807) is 0 Å². The van der Waals surface area contributed by atoms with Crippen molar-refractivity contribution in [2.45, 2.75) is 25.8 Å². The molecule has 1 aliphatic carbocycles. The van der Waals surface area contributed by atoms with E-state index in [1.807, 2.05) is 0 Å². The second kappa shape index (κ2) is 12.4. The van der Waals surface area contributed by atoms with Crippen molar-refractivity contribution in [3.8, 4) is 27.9 Å². The third kappa shape index (κ3) is 4.87. The van der Waals surface area contributed by atoms with Gasteiger partial charge in [-0.2, -0.15) is 0 Å². The van der Waals surface area contributed by atoms with Gasteiger partial charge in [-0.1, -0.05) is 140 Å². The van der Waals surface area contributed by atoms with Crippen LogP contribution in [0.3, 0.4) is 0 Å². The highest BCUT2D eigenvalue weighted by atomic mass is 15.2. The van der Waals surface area contributed by atoms with Crippen molar-refractivity contribution in [3.05, 3.63) is 198 Å². The molecule has 9 rings (SSSR count). The lowest BCUT2D eigenvalue weighted by atomic mass is 9.82. The van der Waals surface area contributed by atoms with Crippen LogP contribution in [0.1, 0.15) is 42.1 Å². The summed E-state index contributed by atoms with van der Waals surface area (Å²) in [4.78, 5) is 2.56. The van der Waals surface area contributed by atoms with E-state index >= 15 is 0 Å². The van der Waals surface area contributed by atoms with E-state index in [9.17, 15) is 0 Å². The predicted molar refractivity (Wildman–Crippen MR) is 212 cm³/mol. The van der Waals surface area contributed by atoms with E-state index in [4.69, 9.17) is 0 Å². The number of hydrogen-bond acceptors (Lipinski definition) is 1. The SMILES string of the molecule is C/C=C\C(=C/C)c1ccc(-c2cccc(N3c4ccccc4C4c5c(n(-c6ccc(-c7ccccc7)cc6)c6ccccc56)C=CC43)c2)cc1. The minimum atomic E-state index is 0.162. The summed E-state index contributed by atoms with van der Waals surface area (Å²) in [5.74, 6) is 0.203. The van der Waals surface area contributed by atoms with Gasteiger partial charge in [-0.15, -0.1) is 0 Å². The highest BCUT2D eigenvalue weighted by Crippen LogP contribution is 2.54. The number of benzene rings is 6. The first-order valence-corrected chi connectivity index (χ1v) is 17.6. The van der Waals surface area contributed by atoms with Crippen molar-refractivity contribution in [2.24, 2.45) is 0 Å². The van der Waals surface area contributed by atoms with Gasteiger partial charge in [-0.25, -0.2) is 0 Å². The molecule has 2 nitrogen and oxygen atoms in total. The molecule has 0 spiro atoms. The summed E-state index contributed by atoms with van der Waals surface area (Å²) in [5.41, 5.74) is 16.3. The number of hydrogen-bond donors (Lipinski definition) is 0. The Morgan fingerprint density at radius 1 is 0.600 bits per heavy atom. The van der Waals surface area contributed by atoms with Crippen molar-refractivity contribution in [1.29, 1.82) is 0 Å². The third-order valence-electron chi connectivity index (χ3n) is 10.5. The molecule has 240 valence electrons. The Labute approximate surface area is 294 Å². The molecule has 2 atom stereocenters. The van der Waals surface area contributed by atoms with Crippen LogP contribution in [0.15, 0.2) is 176 Å². The van der Waals surface area contributed by atoms with E-state index in [1.165, 1.54) is 78.2 Å². The fraction of sp³-hybridized carbons (Fsp3) is 0.0833. The molecule has 0 saturated heterocycles. The van der Waals surface area contributed by atoms with Gasteiger partial charge in [0.15, 0.2) is 0 Å². The molecule has 0 N–H and O–H groups in total. The Bertz CT molecular complexity index is 2440. The molecular weight excluding hydrogens is 605 g/mol. The molecule has 1 aromatic heterocycles. The van der Waals surface area contributed by atoms with Crippen LogP contribution in [0.2, 0.25) is 0 Å². The number of allylic oxidation sites excluding steroid dienone is 4. The number of anilines is 2. The molecule has 1 aliphatic heterocycles. The van der Waals surface area contributed by atoms with Crippen molar-refractivity contribution < 1.29 is 0 Å². The third-order valence-corrected chi connectivity index (χ3v) is 10.5. The lowest BCUT2D eigenvalue weighted by Crippen LogP contribution is -2.30. The molecule has 0 amide bonds. The Hall–Kier alpha value is -6.12. The Morgan fingerprint density at radius 2 is 1.28 bits per heavy atom. The summed E-state index contributed by atoms with van der Waals surface area (Å²) in [7, 11) is 0. The zero-order chi connectivity index (χ0) is 33.6. The summed E-state index contributed by atoms with van der Waals surface area (Å²) in [6.07, 6.45) is 11.2. The molecule has 2 unspecified atom stereocenters. The minimum Gasteiger partial charge on any atom is -0.333 e. The smallest absolute Gasteiger partial charge is 0.0637 e. The van der Waals surface area contributed by atoms with Crippen molar-refractivity contribution in [2.75, 3.05) is 4.90 Å². The highest BCUT2D eigenvalue weighted by Gasteiger charge is 2.43. The normalized spacial score (nSPS) is 16.5. The summed E-state index contributed by atoms with van der Waals surface area (Å²) in [6.45, 7) is 4.16. The molecular formula is C48H38N2. The number of nitrogens with zero attached hydrogens (tertiary/aromatic N) is 2. The van der Waals surface area contributed by atoms with Gasteiger partial charge in [0.2, 0.25) is 0 Å². The highest BCUT2D eigenvalue weighted by molar-refractivity contribution is 5.94. The fourth-order valence-corrected chi connectivity index (χ4v) is 8.20. The predicted octanol–water partition coefficient (Wildman–Crippen LogP) is 12.6. The molecule has 2 heterocycles. The average Bonchev–Trinajstić information content (AvgIpc) is 3.70. The summed E-state index contributed by atoms with van der Waals surface area (Å²) < 4.78 is 2.46. The first-order chi connectivity index (χ1) is 24.7. The van der Waals surface area contributed by atoms with Crippen molar-refractivity contribution >= 4 is 33.9 Å². The Kier molecular flexibility index (Phi) is 7.43. The maximum absolute atomic E-state index is 2.56. The summed E-state index contributed by atoms with van der Waals surface area (Å²) in [6, 6.07) is 55.7. The molecule has 6 aromatic carbocycles. The molecule has 0 saturated carbocycles. The molecule has 50 heavy (non-hydrogen) atoms. The topological polar surface area (TPSA) is 8.17 Å². The first kappa shape index (κ1) is 30.0. The first-order valence-electron chi connectivity index (χ1n) is 17.6. The van der Waals surface area contributed by atoms with Crippen LogP contribution in [0.4, 0.5) is 11.4 Å². The largest absolute Gasteiger partial charge is 0.333 e. The molecule has 2 aliphatic rings. The van der Waals surface area contributed by atoms with Crippen LogP contribution < -0.4 is 4.90 Å². The quantitative estimate of drug-likeness (QED) is 0.164. The molecule has 0 fully saturated rings. The van der Waals surface area contributed by atoms with Gasteiger partial charge in [0, 0.05) is 28.4 Å². The van der Waals surface area contributed by atoms with Crippen LogP contribution >= 0.6 is 0 Å². The number of aromatic nitrogens is 1. The van der Waals surface area contributed by atoms with E-state index < -0.39 is 0 Å². The second-order valence-electron chi connectivity index (χ2n) is 13.2. The number of para-hydroxylation sites is 2. The molecule has 7 aromatic rings. The van der Waals surface area contributed by atoms with Crippen LogP contribution in [-0.2, 0) is 0 Å². The van der Waals surface area contributed by atoms with Gasteiger partial charge in [0.25, 0.3) is 0 Å². The summed E-state index contributed by atoms with van der Waals surface area (Å²) in [5, 5.41) is 1.32. The lowest BCUT2D eigenvalue weighted by molar-refractivity contribution is 0.725. The second-order valence-corrected chi connectivity index (χ2v) is 13.2. The van der Waals surface area contributed by atoms with Gasteiger partial charge in [0.1, 0.15) is 0 Å². The lowest BCUT2D eigenvalue weighted by Gasteiger charge is -2.31. The van der Waals surface area contributed by atoms with Gasteiger partial charge in [0.05, 0.1) is 17.3 Å². The van der Waals surface area contributed by atoms with Crippen molar-refractivity contribution in [1.82, 2.24) is 4.57 Å². The van der Waals surface area contributed by atoms with E-state index in [0.717, 1.165) is 0 Å². The monoisotopic (exact) mass is 642 g/mol. The standard InChI is InChI=1S/C48H38N2/c1-3-13-33(4-2)35-22-24-37(25-23-35)38-16-12-17-40(32-38)50-44-21-11-9-19-42(44)48-46(50)31-30-45-47(48)41-18-8-10-20-43(41)49(45)39-28-26-36(27-29-39)34-14-6-5-7-15-34/h3-32,46,48H,1-2H3/b13-3-,33-4+. The van der Waals surface area contributed by atoms with Crippen LogP contribution in [0.25, 0.3) is 50.5 Å². The van der Waals surface area contributed by atoms with Gasteiger partial charge >= 0.3 is 0 Å². The zero-order valence-electron chi connectivity index (χ0n) is 28.4. The van der Waals surface area contributed by atoms with Gasteiger partial charge < -0.3 is 9.47 Å². The van der Waals surface area contributed by atoms with Crippen LogP contribution in [0, 0.1) is 0 Å². The maximum atomic E-state index is 2.56. The maximum Gasteiger partial charge on any atom is 0.0637 e. The van der Waals surface area contributed by atoms with Crippen LogP contribution in [0.5, 0.6) is 0 Å². The molecule has 0 bridgehead atoms. The van der Waals surface area contributed by atoms with Gasteiger partial charge in [-0.05, 0) is 101 Å². The Balaban J connectivity index is 1.13. The molecule has 0 radical (unpaired) electrons. The summed E-state index contributed by atoms with van der Waals surface area (Å²) >= 11 is 0. The minimum absolute atomic E-state index is 0.162. The van der Waals surface area contributed by atoms with Crippen LogP contribution in [-0.4, -0.2) is 10.6 Å². The Morgan fingerprint density at radius 3 is 2.08 bits per heavy atom. The van der Waals surface area contributed by atoms with E-state index in [-0.39, 0.29) is 12.0 Å². The van der Waals surface area contributed by atoms with E-state index in [0.29, 0.717) is 0 Å². The van der Waals surface area contributed by atoms with Crippen molar-refractivity contribution in [3.63, 3.8) is 0 Å².